The molecule has 1 saturated heterocycles. The third kappa shape index (κ3) is 5.81. The first-order valence-corrected chi connectivity index (χ1v) is 10.9. The van der Waals surface area contributed by atoms with E-state index in [0.29, 0.717) is 17.3 Å². The number of hydrogen-bond donors (Lipinski definition) is 2. The summed E-state index contributed by atoms with van der Waals surface area (Å²) >= 11 is 1.15. The maximum atomic E-state index is 12.1. The Balaban J connectivity index is 1.51. The molecule has 1 aromatic heterocycles. The molecule has 2 amide bonds. The number of aromatic nitrogens is 2. The zero-order chi connectivity index (χ0) is 19.3. The van der Waals surface area contributed by atoms with Crippen LogP contribution < -0.4 is 10.6 Å². The molecule has 2 N–H and O–H groups in total. The molecule has 0 aliphatic carbocycles. The van der Waals surface area contributed by atoms with Crippen molar-refractivity contribution in [3.63, 3.8) is 0 Å². The first kappa shape index (κ1) is 19.4. The molecule has 1 aliphatic rings. The highest BCUT2D eigenvalue weighted by molar-refractivity contribution is 7.92. The Labute approximate surface area is 160 Å². The van der Waals surface area contributed by atoms with Crippen LogP contribution in [0.3, 0.4) is 0 Å². The molecule has 3 rings (SSSR count). The van der Waals surface area contributed by atoms with E-state index in [1.807, 2.05) is 0 Å². The minimum Gasteiger partial charge on any atom is -0.371 e. The lowest BCUT2D eigenvalue weighted by atomic mass is 10.2. The zero-order valence-corrected chi connectivity index (χ0v) is 15.9. The van der Waals surface area contributed by atoms with Gasteiger partial charge in [0, 0.05) is 12.3 Å². The van der Waals surface area contributed by atoms with Crippen molar-refractivity contribution in [1.82, 2.24) is 10.2 Å². The van der Waals surface area contributed by atoms with Gasteiger partial charge in [-0.25, -0.2) is 8.42 Å². The fraction of sp³-hybridized carbons (Fsp3) is 0.375. The molecule has 0 spiro atoms. The number of benzene rings is 1. The van der Waals surface area contributed by atoms with E-state index in [0.717, 1.165) is 24.2 Å². The molecule has 1 aliphatic heterocycles. The molecule has 1 unspecified atom stereocenters. The second kappa shape index (κ2) is 8.55. The van der Waals surface area contributed by atoms with Gasteiger partial charge in [0.1, 0.15) is 22.6 Å². The normalized spacial score (nSPS) is 16.8. The molecular formula is C16H18N4O5S2. The number of anilines is 2. The summed E-state index contributed by atoms with van der Waals surface area (Å²) in [7, 11) is -3.92. The standard InChI is InChI=1S/C16H18N4O5S2/c21-13(17-11-5-2-1-3-6-11)9-27(23,24)10-14(22)18-16-20-19-15(26-16)12-7-4-8-25-12/h1-3,5-6,12H,4,7-10H2,(H,17,21)(H,18,20,22). The summed E-state index contributed by atoms with van der Waals surface area (Å²) in [6.07, 6.45) is 1.65. The first-order chi connectivity index (χ1) is 12.9. The van der Waals surface area contributed by atoms with Crippen LogP contribution in [0.1, 0.15) is 24.0 Å². The lowest BCUT2D eigenvalue weighted by molar-refractivity contribution is -0.114. The van der Waals surface area contributed by atoms with Crippen molar-refractivity contribution in [3.8, 4) is 0 Å². The number of rotatable bonds is 7. The third-order valence-electron chi connectivity index (χ3n) is 3.65. The van der Waals surface area contributed by atoms with Crippen molar-refractivity contribution >= 4 is 43.8 Å². The molecular weight excluding hydrogens is 392 g/mol. The molecule has 9 nitrogen and oxygen atoms in total. The van der Waals surface area contributed by atoms with Crippen LogP contribution >= 0.6 is 11.3 Å². The van der Waals surface area contributed by atoms with Gasteiger partial charge in [-0.3, -0.25) is 14.9 Å². The average Bonchev–Trinajstić information content (AvgIpc) is 3.25. The van der Waals surface area contributed by atoms with Crippen LogP contribution in [-0.2, 0) is 24.2 Å². The van der Waals surface area contributed by atoms with E-state index in [9.17, 15) is 18.0 Å². The van der Waals surface area contributed by atoms with Gasteiger partial charge in [-0.2, -0.15) is 0 Å². The number of carbonyl (C=O) groups is 2. The number of ether oxygens (including phenoxy) is 1. The Bertz CT molecular complexity index is 908. The Morgan fingerprint density at radius 2 is 1.81 bits per heavy atom. The molecule has 144 valence electrons. The van der Waals surface area contributed by atoms with Crippen molar-refractivity contribution in [3.05, 3.63) is 35.3 Å². The van der Waals surface area contributed by atoms with Crippen LogP contribution in [0.4, 0.5) is 10.8 Å². The van der Waals surface area contributed by atoms with Gasteiger partial charge in [-0.15, -0.1) is 10.2 Å². The SMILES string of the molecule is O=C(CS(=O)(=O)CC(=O)Nc1nnc(C2CCCO2)s1)Nc1ccccc1. The zero-order valence-electron chi connectivity index (χ0n) is 14.3. The minimum atomic E-state index is -3.92. The van der Waals surface area contributed by atoms with Gasteiger partial charge in [-0.05, 0) is 25.0 Å². The largest absolute Gasteiger partial charge is 0.371 e. The molecule has 1 atom stereocenters. The summed E-state index contributed by atoms with van der Waals surface area (Å²) in [5.74, 6) is -3.07. The van der Waals surface area contributed by atoms with E-state index in [4.69, 9.17) is 4.74 Å². The lowest BCUT2D eigenvalue weighted by Crippen LogP contribution is -2.30. The number of amides is 2. The fourth-order valence-electron chi connectivity index (χ4n) is 2.51. The van der Waals surface area contributed by atoms with Crippen LogP contribution in [-0.4, -0.2) is 48.5 Å². The number of para-hydroxylation sites is 1. The van der Waals surface area contributed by atoms with Gasteiger partial charge in [0.05, 0.1) is 0 Å². The second-order valence-electron chi connectivity index (χ2n) is 5.94. The summed E-state index contributed by atoms with van der Waals surface area (Å²) in [5, 5.41) is 13.5. The summed E-state index contributed by atoms with van der Waals surface area (Å²) in [6, 6.07) is 8.47. The van der Waals surface area contributed by atoms with E-state index in [1.165, 1.54) is 0 Å². The van der Waals surface area contributed by atoms with E-state index in [2.05, 4.69) is 20.8 Å². The topological polar surface area (TPSA) is 127 Å². The molecule has 2 heterocycles. The monoisotopic (exact) mass is 410 g/mol. The van der Waals surface area contributed by atoms with Crippen LogP contribution in [0, 0.1) is 0 Å². The van der Waals surface area contributed by atoms with E-state index in [1.54, 1.807) is 30.3 Å². The maximum absolute atomic E-state index is 12.1. The molecule has 0 saturated carbocycles. The Kier molecular flexibility index (Phi) is 6.14. The summed E-state index contributed by atoms with van der Waals surface area (Å²) in [4.78, 5) is 23.8. The number of hydrogen-bond acceptors (Lipinski definition) is 8. The molecule has 0 radical (unpaired) electrons. The van der Waals surface area contributed by atoms with Gasteiger partial charge in [-0.1, -0.05) is 29.5 Å². The maximum Gasteiger partial charge on any atom is 0.241 e. The lowest BCUT2D eigenvalue weighted by Gasteiger charge is -2.06. The van der Waals surface area contributed by atoms with Crippen LogP contribution in [0.5, 0.6) is 0 Å². The smallest absolute Gasteiger partial charge is 0.241 e. The second-order valence-corrected chi connectivity index (χ2v) is 9.02. The molecule has 0 bridgehead atoms. The van der Waals surface area contributed by atoms with Crippen molar-refractivity contribution < 1.29 is 22.7 Å². The predicted octanol–water partition coefficient (Wildman–Crippen LogP) is 1.38. The molecule has 1 aromatic carbocycles. The summed E-state index contributed by atoms with van der Waals surface area (Å²) < 4.78 is 29.6. The highest BCUT2D eigenvalue weighted by Gasteiger charge is 2.24. The Morgan fingerprint density at radius 1 is 1.11 bits per heavy atom. The fourth-order valence-corrected chi connectivity index (χ4v) is 4.40. The highest BCUT2D eigenvalue weighted by Crippen LogP contribution is 2.31. The number of carbonyl (C=O) groups excluding carboxylic acids is 2. The minimum absolute atomic E-state index is 0.126. The van der Waals surface area contributed by atoms with Gasteiger partial charge in [0.15, 0.2) is 9.84 Å². The average molecular weight is 410 g/mol. The molecule has 27 heavy (non-hydrogen) atoms. The number of nitrogens with one attached hydrogen (secondary N) is 2. The van der Waals surface area contributed by atoms with Crippen molar-refractivity contribution in [1.29, 1.82) is 0 Å². The number of sulfone groups is 1. The Morgan fingerprint density at radius 3 is 2.48 bits per heavy atom. The summed E-state index contributed by atoms with van der Waals surface area (Å²) in [5.41, 5.74) is 0.484. The molecule has 1 fully saturated rings. The van der Waals surface area contributed by atoms with Gasteiger partial charge in [0.2, 0.25) is 16.9 Å². The van der Waals surface area contributed by atoms with Crippen molar-refractivity contribution in [2.45, 2.75) is 18.9 Å². The third-order valence-corrected chi connectivity index (χ3v) is 5.99. The van der Waals surface area contributed by atoms with Gasteiger partial charge < -0.3 is 10.1 Å². The highest BCUT2D eigenvalue weighted by atomic mass is 32.2. The van der Waals surface area contributed by atoms with Crippen molar-refractivity contribution in [2.24, 2.45) is 0 Å². The van der Waals surface area contributed by atoms with E-state index in [-0.39, 0.29) is 11.2 Å². The quantitative estimate of drug-likeness (QED) is 0.706. The molecule has 2 aromatic rings. The summed E-state index contributed by atoms with van der Waals surface area (Å²) in [6.45, 7) is 0.662. The van der Waals surface area contributed by atoms with Crippen LogP contribution in [0.2, 0.25) is 0 Å². The molecule has 11 heteroatoms. The van der Waals surface area contributed by atoms with Gasteiger partial charge in [0.25, 0.3) is 0 Å². The van der Waals surface area contributed by atoms with Crippen LogP contribution in [0.15, 0.2) is 30.3 Å². The first-order valence-electron chi connectivity index (χ1n) is 8.21. The van der Waals surface area contributed by atoms with Crippen LogP contribution in [0.25, 0.3) is 0 Å². The van der Waals surface area contributed by atoms with E-state index < -0.39 is 33.2 Å². The Hall–Kier alpha value is -2.37. The number of nitrogens with zero attached hydrogens (tertiary/aromatic N) is 2. The van der Waals surface area contributed by atoms with Gasteiger partial charge >= 0.3 is 0 Å². The predicted molar refractivity (Wildman–Crippen MR) is 100 cm³/mol. The van der Waals surface area contributed by atoms with E-state index >= 15 is 0 Å². The van der Waals surface area contributed by atoms with Crippen molar-refractivity contribution in [2.75, 3.05) is 28.7 Å².